The molecule has 0 radical (unpaired) electrons. The average Bonchev–Trinajstić information content (AvgIpc) is 2.31. The van der Waals surface area contributed by atoms with Crippen LogP contribution in [0.25, 0.3) is 0 Å². The Labute approximate surface area is 109 Å². The van der Waals surface area contributed by atoms with Crippen molar-refractivity contribution in [3.05, 3.63) is 46.7 Å². The molecular formula is C13H15BrFNO. The largest absolute Gasteiger partial charge is 0.335 e. The first kappa shape index (κ1) is 13.9. The first-order valence-electron chi connectivity index (χ1n) is 5.46. The highest BCUT2D eigenvalue weighted by atomic mass is 79.9. The van der Waals surface area contributed by atoms with Gasteiger partial charge in [0.25, 0.3) is 5.91 Å². The summed E-state index contributed by atoms with van der Waals surface area (Å²) in [6, 6.07) is 4.46. The van der Waals surface area contributed by atoms with E-state index in [1.807, 2.05) is 6.92 Å². The van der Waals surface area contributed by atoms with Crippen LogP contribution in [0, 0.1) is 5.82 Å². The molecule has 0 spiro atoms. The standard InChI is InChI=1S/C13H15BrFNO/c1-3-8-16(9-4-2)13(17)10-6-5-7-11(15)12(10)14/h3,5-7H,1,4,8-9H2,2H3. The van der Waals surface area contributed by atoms with Crippen LogP contribution in [0.1, 0.15) is 23.7 Å². The van der Waals surface area contributed by atoms with Crippen LogP contribution in [-0.4, -0.2) is 23.9 Å². The van der Waals surface area contributed by atoms with Crippen LogP contribution < -0.4 is 0 Å². The molecular weight excluding hydrogens is 285 g/mol. The van der Waals surface area contributed by atoms with Gasteiger partial charge in [0.2, 0.25) is 0 Å². The van der Waals surface area contributed by atoms with Gasteiger partial charge in [-0.05, 0) is 34.5 Å². The number of nitrogens with zero attached hydrogens (tertiary/aromatic N) is 1. The highest BCUT2D eigenvalue weighted by molar-refractivity contribution is 9.10. The fourth-order valence-corrected chi connectivity index (χ4v) is 1.97. The van der Waals surface area contributed by atoms with Gasteiger partial charge in [0.15, 0.2) is 0 Å². The summed E-state index contributed by atoms with van der Waals surface area (Å²) < 4.78 is 13.6. The summed E-state index contributed by atoms with van der Waals surface area (Å²) in [7, 11) is 0. The number of rotatable bonds is 5. The monoisotopic (exact) mass is 299 g/mol. The average molecular weight is 300 g/mol. The van der Waals surface area contributed by atoms with E-state index >= 15 is 0 Å². The van der Waals surface area contributed by atoms with Crippen molar-refractivity contribution in [1.29, 1.82) is 0 Å². The summed E-state index contributed by atoms with van der Waals surface area (Å²) in [5, 5.41) is 0. The molecule has 1 aromatic carbocycles. The predicted molar refractivity (Wildman–Crippen MR) is 70.5 cm³/mol. The van der Waals surface area contributed by atoms with Crippen LogP contribution in [0.15, 0.2) is 35.3 Å². The molecule has 0 unspecified atom stereocenters. The number of amides is 1. The lowest BCUT2D eigenvalue weighted by molar-refractivity contribution is 0.0772. The second-order valence-corrected chi connectivity index (χ2v) is 4.43. The molecule has 0 aliphatic rings. The minimum Gasteiger partial charge on any atom is -0.335 e. The van der Waals surface area contributed by atoms with Gasteiger partial charge in [0, 0.05) is 13.1 Å². The van der Waals surface area contributed by atoms with Gasteiger partial charge >= 0.3 is 0 Å². The molecule has 0 N–H and O–H groups in total. The Morgan fingerprint density at radius 1 is 1.59 bits per heavy atom. The zero-order chi connectivity index (χ0) is 12.8. The Bertz CT molecular complexity index is 420. The van der Waals surface area contributed by atoms with E-state index in [4.69, 9.17) is 0 Å². The summed E-state index contributed by atoms with van der Waals surface area (Å²) in [5.41, 5.74) is 0.348. The Kier molecular flexibility index (Phi) is 5.35. The van der Waals surface area contributed by atoms with Crippen LogP contribution in [0.4, 0.5) is 4.39 Å². The van der Waals surface area contributed by atoms with Crippen molar-refractivity contribution in [2.24, 2.45) is 0 Å². The summed E-state index contributed by atoms with van der Waals surface area (Å²) in [4.78, 5) is 13.8. The molecule has 0 atom stereocenters. The van der Waals surface area contributed by atoms with Crippen LogP contribution in [-0.2, 0) is 0 Å². The Morgan fingerprint density at radius 3 is 2.88 bits per heavy atom. The number of hydrogen-bond acceptors (Lipinski definition) is 1. The van der Waals surface area contributed by atoms with Gasteiger partial charge in [-0.3, -0.25) is 4.79 Å². The van der Waals surface area contributed by atoms with Gasteiger partial charge in [-0.2, -0.15) is 0 Å². The molecule has 0 aliphatic carbocycles. The minimum atomic E-state index is -0.425. The molecule has 2 nitrogen and oxygen atoms in total. The lowest BCUT2D eigenvalue weighted by atomic mass is 10.2. The van der Waals surface area contributed by atoms with Gasteiger partial charge < -0.3 is 4.90 Å². The van der Waals surface area contributed by atoms with E-state index in [-0.39, 0.29) is 10.4 Å². The SMILES string of the molecule is C=CCN(CCC)C(=O)c1cccc(F)c1Br. The normalized spacial score (nSPS) is 10.1. The van der Waals surface area contributed by atoms with Crippen LogP contribution >= 0.6 is 15.9 Å². The van der Waals surface area contributed by atoms with Gasteiger partial charge in [0.05, 0.1) is 10.0 Å². The quantitative estimate of drug-likeness (QED) is 0.760. The number of halogens is 2. The number of carbonyl (C=O) groups is 1. The zero-order valence-corrected chi connectivity index (χ0v) is 11.3. The lowest BCUT2D eigenvalue weighted by Gasteiger charge is -2.21. The van der Waals surface area contributed by atoms with Gasteiger partial charge in [-0.25, -0.2) is 4.39 Å². The maximum atomic E-state index is 13.3. The number of benzene rings is 1. The first-order valence-corrected chi connectivity index (χ1v) is 6.25. The highest BCUT2D eigenvalue weighted by Gasteiger charge is 2.18. The molecule has 1 amide bonds. The zero-order valence-electron chi connectivity index (χ0n) is 9.75. The summed E-state index contributed by atoms with van der Waals surface area (Å²) in [6.45, 7) is 6.71. The van der Waals surface area contributed by atoms with Crippen molar-refractivity contribution >= 4 is 21.8 Å². The van der Waals surface area contributed by atoms with Crippen molar-refractivity contribution in [2.45, 2.75) is 13.3 Å². The van der Waals surface area contributed by atoms with E-state index in [9.17, 15) is 9.18 Å². The van der Waals surface area contributed by atoms with E-state index in [1.54, 1.807) is 17.0 Å². The molecule has 92 valence electrons. The Balaban J connectivity index is 3.00. The summed E-state index contributed by atoms with van der Waals surface area (Å²) >= 11 is 3.10. The number of carbonyl (C=O) groups excluding carboxylic acids is 1. The summed E-state index contributed by atoms with van der Waals surface area (Å²) in [5.74, 6) is -0.607. The van der Waals surface area contributed by atoms with E-state index in [0.29, 0.717) is 18.7 Å². The molecule has 0 heterocycles. The molecule has 0 saturated heterocycles. The minimum absolute atomic E-state index is 0.182. The highest BCUT2D eigenvalue weighted by Crippen LogP contribution is 2.21. The third-order valence-electron chi connectivity index (χ3n) is 2.31. The maximum Gasteiger partial charge on any atom is 0.255 e. The predicted octanol–water partition coefficient (Wildman–Crippen LogP) is 3.63. The van der Waals surface area contributed by atoms with Gasteiger partial charge in [0.1, 0.15) is 5.82 Å². The third kappa shape index (κ3) is 3.40. The third-order valence-corrected chi connectivity index (χ3v) is 3.12. The second-order valence-electron chi connectivity index (χ2n) is 3.64. The van der Waals surface area contributed by atoms with Crippen molar-refractivity contribution in [3.63, 3.8) is 0 Å². The van der Waals surface area contributed by atoms with E-state index < -0.39 is 5.82 Å². The molecule has 4 heteroatoms. The van der Waals surface area contributed by atoms with E-state index in [2.05, 4.69) is 22.5 Å². The smallest absolute Gasteiger partial charge is 0.255 e. The molecule has 0 saturated carbocycles. The van der Waals surface area contributed by atoms with E-state index in [0.717, 1.165) is 6.42 Å². The lowest BCUT2D eigenvalue weighted by Crippen LogP contribution is -2.32. The van der Waals surface area contributed by atoms with Gasteiger partial charge in [-0.1, -0.05) is 19.1 Å². The first-order chi connectivity index (χ1) is 8.11. The van der Waals surface area contributed by atoms with Crippen molar-refractivity contribution < 1.29 is 9.18 Å². The second kappa shape index (κ2) is 6.55. The van der Waals surface area contributed by atoms with Crippen LogP contribution in [0.5, 0.6) is 0 Å². The molecule has 1 aromatic rings. The van der Waals surface area contributed by atoms with Crippen molar-refractivity contribution in [3.8, 4) is 0 Å². The summed E-state index contributed by atoms with van der Waals surface area (Å²) in [6.07, 6.45) is 2.52. The molecule has 0 aromatic heterocycles. The Hall–Kier alpha value is -1.16. The number of hydrogen-bond donors (Lipinski definition) is 0. The molecule has 0 aliphatic heterocycles. The molecule has 17 heavy (non-hydrogen) atoms. The molecule has 1 rings (SSSR count). The molecule has 0 bridgehead atoms. The fraction of sp³-hybridized carbons (Fsp3) is 0.308. The van der Waals surface area contributed by atoms with E-state index in [1.165, 1.54) is 12.1 Å². The van der Waals surface area contributed by atoms with Gasteiger partial charge in [-0.15, -0.1) is 6.58 Å². The topological polar surface area (TPSA) is 20.3 Å². The van der Waals surface area contributed by atoms with Crippen LogP contribution in [0.2, 0.25) is 0 Å². The Morgan fingerprint density at radius 2 is 2.29 bits per heavy atom. The van der Waals surface area contributed by atoms with Crippen LogP contribution in [0.3, 0.4) is 0 Å². The molecule has 0 fully saturated rings. The fourth-order valence-electron chi connectivity index (χ4n) is 1.54. The van der Waals surface area contributed by atoms with Crippen molar-refractivity contribution in [2.75, 3.05) is 13.1 Å². The van der Waals surface area contributed by atoms with Crippen molar-refractivity contribution in [1.82, 2.24) is 4.90 Å². The maximum absolute atomic E-state index is 13.3.